The van der Waals surface area contributed by atoms with Crippen LogP contribution in [0.3, 0.4) is 0 Å². The Morgan fingerprint density at radius 1 is 1.07 bits per heavy atom. The van der Waals surface area contributed by atoms with Crippen LogP contribution in [-0.4, -0.2) is 43.0 Å². The van der Waals surface area contributed by atoms with Crippen LogP contribution in [0.2, 0.25) is 0 Å². The van der Waals surface area contributed by atoms with Crippen LogP contribution in [0.1, 0.15) is 30.0 Å². The first kappa shape index (κ1) is 20.7. The zero-order valence-corrected chi connectivity index (χ0v) is 17.2. The number of nitrogens with zero attached hydrogens (tertiary/aromatic N) is 1. The Labute approximate surface area is 171 Å². The van der Waals surface area contributed by atoms with Crippen LogP contribution in [0.4, 0.5) is 0 Å². The minimum absolute atomic E-state index is 0.0579. The maximum Gasteiger partial charge on any atom is 0.242 e. The molecule has 6 heteroatoms. The molecule has 0 saturated carbocycles. The van der Waals surface area contributed by atoms with Gasteiger partial charge in [0.25, 0.3) is 0 Å². The number of likely N-dealkylation sites (N-methyl/N-ethyl adjacent to an activating group) is 1. The highest BCUT2D eigenvalue weighted by atomic mass is 16.6. The van der Waals surface area contributed by atoms with Crippen molar-refractivity contribution in [2.75, 3.05) is 20.3 Å². The molecule has 1 heterocycles. The summed E-state index contributed by atoms with van der Waals surface area (Å²) < 4.78 is 11.2. The van der Waals surface area contributed by atoms with Gasteiger partial charge in [-0.1, -0.05) is 35.9 Å². The van der Waals surface area contributed by atoms with E-state index < -0.39 is 6.04 Å². The average molecular weight is 396 g/mol. The second kappa shape index (κ2) is 9.45. The number of ether oxygens (including phenoxy) is 2. The Morgan fingerprint density at radius 3 is 2.55 bits per heavy atom. The number of hydrogen-bond donors (Lipinski definition) is 1. The van der Waals surface area contributed by atoms with Gasteiger partial charge in [0, 0.05) is 20.0 Å². The molecule has 0 saturated heterocycles. The van der Waals surface area contributed by atoms with Crippen molar-refractivity contribution in [2.24, 2.45) is 0 Å². The normalized spacial score (nSPS) is 13.5. The Kier molecular flexibility index (Phi) is 6.75. The smallest absolute Gasteiger partial charge is 0.242 e. The SMILES string of the molecule is CNC(=O)[C@@H](C)N(Cc1cccc(C)c1)C(=O)CCc1ccc2c(c1)OCCO2. The first-order valence-electron chi connectivity index (χ1n) is 9.93. The summed E-state index contributed by atoms with van der Waals surface area (Å²) in [7, 11) is 1.59. The van der Waals surface area contributed by atoms with E-state index in [2.05, 4.69) is 5.32 Å². The summed E-state index contributed by atoms with van der Waals surface area (Å²) in [5.74, 6) is 1.22. The molecule has 1 aliphatic heterocycles. The largest absolute Gasteiger partial charge is 0.486 e. The van der Waals surface area contributed by atoms with Gasteiger partial charge in [0.05, 0.1) is 0 Å². The van der Waals surface area contributed by atoms with Crippen LogP contribution < -0.4 is 14.8 Å². The monoisotopic (exact) mass is 396 g/mol. The molecule has 0 spiro atoms. The third-order valence-electron chi connectivity index (χ3n) is 5.08. The highest BCUT2D eigenvalue weighted by Crippen LogP contribution is 2.31. The molecule has 0 aromatic heterocycles. The third kappa shape index (κ3) is 5.28. The molecule has 0 fully saturated rings. The first-order valence-corrected chi connectivity index (χ1v) is 9.93. The van der Waals surface area contributed by atoms with Gasteiger partial charge in [0.15, 0.2) is 11.5 Å². The Hall–Kier alpha value is -3.02. The van der Waals surface area contributed by atoms with Gasteiger partial charge in [-0.15, -0.1) is 0 Å². The lowest BCUT2D eigenvalue weighted by atomic mass is 10.1. The molecule has 6 nitrogen and oxygen atoms in total. The summed E-state index contributed by atoms with van der Waals surface area (Å²) in [5.41, 5.74) is 3.14. The Morgan fingerprint density at radius 2 is 1.83 bits per heavy atom. The maximum absolute atomic E-state index is 13.0. The van der Waals surface area contributed by atoms with E-state index in [-0.39, 0.29) is 11.8 Å². The fourth-order valence-corrected chi connectivity index (χ4v) is 3.44. The summed E-state index contributed by atoms with van der Waals surface area (Å²) in [6.45, 7) is 5.26. The van der Waals surface area contributed by atoms with E-state index in [0.717, 1.165) is 28.2 Å². The van der Waals surface area contributed by atoms with E-state index in [1.165, 1.54) is 0 Å². The summed E-state index contributed by atoms with van der Waals surface area (Å²) >= 11 is 0. The molecule has 2 amide bonds. The zero-order chi connectivity index (χ0) is 20.8. The molecule has 1 atom stereocenters. The fourth-order valence-electron chi connectivity index (χ4n) is 3.44. The van der Waals surface area contributed by atoms with Gasteiger partial charge in [-0.05, 0) is 43.5 Å². The molecule has 29 heavy (non-hydrogen) atoms. The van der Waals surface area contributed by atoms with Crippen LogP contribution in [0.15, 0.2) is 42.5 Å². The van der Waals surface area contributed by atoms with Crippen molar-refractivity contribution in [3.05, 3.63) is 59.2 Å². The number of hydrogen-bond acceptors (Lipinski definition) is 4. The predicted molar refractivity (Wildman–Crippen MR) is 111 cm³/mol. The van der Waals surface area contributed by atoms with E-state index in [9.17, 15) is 9.59 Å². The van der Waals surface area contributed by atoms with Crippen molar-refractivity contribution >= 4 is 11.8 Å². The molecule has 0 aliphatic carbocycles. The number of fused-ring (bicyclic) bond motifs is 1. The summed E-state index contributed by atoms with van der Waals surface area (Å²) in [6.07, 6.45) is 0.882. The number of aryl methyl sites for hydroxylation is 2. The molecular weight excluding hydrogens is 368 g/mol. The lowest BCUT2D eigenvalue weighted by molar-refractivity contribution is -0.140. The number of rotatable bonds is 7. The van der Waals surface area contributed by atoms with Gasteiger partial charge in [-0.25, -0.2) is 0 Å². The second-order valence-corrected chi connectivity index (χ2v) is 7.28. The van der Waals surface area contributed by atoms with E-state index in [1.807, 2.05) is 49.4 Å². The van der Waals surface area contributed by atoms with Crippen molar-refractivity contribution in [2.45, 2.75) is 39.3 Å². The minimum atomic E-state index is -0.548. The molecule has 0 radical (unpaired) electrons. The highest BCUT2D eigenvalue weighted by molar-refractivity contribution is 5.87. The average Bonchev–Trinajstić information content (AvgIpc) is 2.74. The van der Waals surface area contributed by atoms with E-state index >= 15 is 0 Å². The molecule has 1 aliphatic rings. The predicted octanol–water partition coefficient (Wildman–Crippen LogP) is 2.86. The van der Waals surface area contributed by atoms with Gasteiger partial charge >= 0.3 is 0 Å². The number of amides is 2. The van der Waals surface area contributed by atoms with Gasteiger partial charge in [-0.3, -0.25) is 9.59 Å². The quantitative estimate of drug-likeness (QED) is 0.782. The lowest BCUT2D eigenvalue weighted by Crippen LogP contribution is -2.46. The Bertz CT molecular complexity index is 881. The summed E-state index contributed by atoms with van der Waals surface area (Å²) in [6, 6.07) is 13.2. The molecule has 154 valence electrons. The first-order chi connectivity index (χ1) is 14.0. The van der Waals surface area contributed by atoms with Crippen molar-refractivity contribution < 1.29 is 19.1 Å². The molecule has 1 N–H and O–H groups in total. The van der Waals surface area contributed by atoms with E-state index in [0.29, 0.717) is 32.6 Å². The fraction of sp³-hybridized carbons (Fsp3) is 0.391. The molecule has 2 aromatic carbocycles. The molecule has 3 rings (SSSR count). The number of carbonyl (C=O) groups excluding carboxylic acids is 2. The van der Waals surface area contributed by atoms with Gasteiger partial charge in [-0.2, -0.15) is 0 Å². The topological polar surface area (TPSA) is 67.9 Å². The maximum atomic E-state index is 13.0. The van der Waals surface area contributed by atoms with Crippen LogP contribution >= 0.6 is 0 Å². The van der Waals surface area contributed by atoms with Crippen molar-refractivity contribution in [3.63, 3.8) is 0 Å². The van der Waals surface area contributed by atoms with Crippen molar-refractivity contribution in [3.8, 4) is 11.5 Å². The molecule has 0 unspecified atom stereocenters. The van der Waals surface area contributed by atoms with Crippen LogP contribution in [0, 0.1) is 6.92 Å². The highest BCUT2D eigenvalue weighted by Gasteiger charge is 2.25. The van der Waals surface area contributed by atoms with E-state index in [1.54, 1.807) is 18.9 Å². The van der Waals surface area contributed by atoms with Crippen LogP contribution in [0.5, 0.6) is 11.5 Å². The van der Waals surface area contributed by atoms with Gasteiger partial charge in [0.2, 0.25) is 11.8 Å². The number of carbonyl (C=O) groups is 2. The zero-order valence-electron chi connectivity index (χ0n) is 17.2. The number of nitrogens with one attached hydrogen (secondary N) is 1. The lowest BCUT2D eigenvalue weighted by Gasteiger charge is -2.28. The summed E-state index contributed by atoms with van der Waals surface area (Å²) in [4.78, 5) is 26.9. The van der Waals surface area contributed by atoms with Crippen molar-refractivity contribution in [1.29, 1.82) is 0 Å². The second-order valence-electron chi connectivity index (χ2n) is 7.28. The molecule has 2 aromatic rings. The van der Waals surface area contributed by atoms with E-state index in [4.69, 9.17) is 9.47 Å². The third-order valence-corrected chi connectivity index (χ3v) is 5.08. The summed E-state index contributed by atoms with van der Waals surface area (Å²) in [5, 5.41) is 2.64. The van der Waals surface area contributed by atoms with Crippen LogP contribution in [-0.2, 0) is 22.6 Å². The molecular formula is C23H28N2O4. The minimum Gasteiger partial charge on any atom is -0.486 e. The van der Waals surface area contributed by atoms with Gasteiger partial charge < -0.3 is 19.7 Å². The van der Waals surface area contributed by atoms with Crippen molar-refractivity contribution in [1.82, 2.24) is 10.2 Å². The Balaban J connectivity index is 1.71. The van der Waals surface area contributed by atoms with Gasteiger partial charge in [0.1, 0.15) is 19.3 Å². The van der Waals surface area contributed by atoms with Crippen LogP contribution in [0.25, 0.3) is 0 Å². The molecule has 0 bridgehead atoms. The number of benzene rings is 2. The standard InChI is InChI=1S/C23H28N2O4/c1-16-5-4-6-19(13-16)15-25(17(2)23(27)24-3)22(26)10-8-18-7-9-20-21(14-18)29-12-11-28-20/h4-7,9,13-14,17H,8,10-12,15H2,1-3H3,(H,24,27)/t17-/m1/s1.